The van der Waals surface area contributed by atoms with Gasteiger partial charge in [0.25, 0.3) is 11.8 Å². The smallest absolute Gasteiger partial charge is 0.322 e. The lowest BCUT2D eigenvalue weighted by Gasteiger charge is -2.47. The number of carbonyl (C=O) groups excluding carboxylic acids is 3. The Kier molecular flexibility index (Phi) is 9.42. The van der Waals surface area contributed by atoms with Gasteiger partial charge in [-0.05, 0) is 44.2 Å². The van der Waals surface area contributed by atoms with Crippen LogP contribution in [0.1, 0.15) is 59.9 Å². The number of urea groups is 1. The third-order valence-electron chi connectivity index (χ3n) is 8.24. The molecule has 0 radical (unpaired) electrons. The predicted molar refractivity (Wildman–Crippen MR) is 166 cm³/mol. The Morgan fingerprint density at radius 1 is 1.02 bits per heavy atom. The fourth-order valence-corrected chi connectivity index (χ4v) is 6.06. The molecule has 4 amide bonds. The standard InChI is InChI=1S/C28H38Cl2N10O3/c1-4-17-15-39(25-22(30)34-21(26(41)32-16-5-6-16)24(35-25)36-28(43)37(2)3)13-14-40(17)18-9-11-38(12-10-18)27(42)19-7-8-20(29)33-23(19)31/h7-8,16-18H,4-6,9-15H2,1-3H3,(H2,31,33)(H,32,41)(H,35,36,43)/t17-/m0/s1. The number of rotatable bonds is 7. The van der Waals surface area contributed by atoms with Crippen molar-refractivity contribution in [1.82, 2.24) is 35.0 Å². The lowest BCUT2D eigenvalue weighted by molar-refractivity contribution is 0.0491. The Balaban J connectivity index is 1.27. The molecule has 2 aromatic heterocycles. The van der Waals surface area contributed by atoms with Crippen molar-refractivity contribution in [3.63, 3.8) is 0 Å². The van der Waals surface area contributed by atoms with Crippen LogP contribution in [0.3, 0.4) is 0 Å². The van der Waals surface area contributed by atoms with Crippen molar-refractivity contribution >= 4 is 58.5 Å². The van der Waals surface area contributed by atoms with Gasteiger partial charge in [0.05, 0.1) is 5.56 Å². The minimum Gasteiger partial charge on any atom is -0.383 e. The zero-order valence-electron chi connectivity index (χ0n) is 24.6. The molecule has 15 heteroatoms. The van der Waals surface area contributed by atoms with E-state index in [0.717, 1.165) is 38.6 Å². The van der Waals surface area contributed by atoms with Crippen molar-refractivity contribution in [1.29, 1.82) is 0 Å². The third-order valence-corrected chi connectivity index (χ3v) is 8.70. The Hall–Kier alpha value is -3.42. The number of amides is 4. The quantitative estimate of drug-likeness (QED) is 0.391. The van der Waals surface area contributed by atoms with Crippen LogP contribution < -0.4 is 21.3 Å². The van der Waals surface area contributed by atoms with Gasteiger partial charge in [0.1, 0.15) is 11.0 Å². The van der Waals surface area contributed by atoms with Gasteiger partial charge in [-0.15, -0.1) is 0 Å². The number of nitrogens with one attached hydrogen (secondary N) is 2. The van der Waals surface area contributed by atoms with E-state index in [-0.39, 0.29) is 45.6 Å². The van der Waals surface area contributed by atoms with Gasteiger partial charge >= 0.3 is 6.03 Å². The molecule has 3 aliphatic rings. The number of piperazine rings is 1. The van der Waals surface area contributed by atoms with Gasteiger partial charge in [-0.1, -0.05) is 30.1 Å². The molecule has 0 bridgehead atoms. The van der Waals surface area contributed by atoms with Crippen molar-refractivity contribution in [3.05, 3.63) is 33.7 Å². The summed E-state index contributed by atoms with van der Waals surface area (Å²) >= 11 is 12.5. The largest absolute Gasteiger partial charge is 0.383 e. The van der Waals surface area contributed by atoms with Crippen molar-refractivity contribution in [2.75, 3.05) is 62.8 Å². The third kappa shape index (κ3) is 7.05. The highest BCUT2D eigenvalue weighted by molar-refractivity contribution is 6.32. The van der Waals surface area contributed by atoms with E-state index in [1.807, 2.05) is 4.90 Å². The number of pyridine rings is 1. The first-order chi connectivity index (χ1) is 20.5. The fraction of sp³-hybridized carbons (Fsp3) is 0.571. The average Bonchev–Trinajstić information content (AvgIpc) is 3.81. The van der Waals surface area contributed by atoms with Gasteiger partial charge in [0.15, 0.2) is 22.5 Å². The summed E-state index contributed by atoms with van der Waals surface area (Å²) in [6.45, 7) is 5.47. The van der Waals surface area contributed by atoms with E-state index < -0.39 is 11.9 Å². The Morgan fingerprint density at radius 2 is 1.74 bits per heavy atom. The number of halogens is 2. The second-order valence-electron chi connectivity index (χ2n) is 11.4. The summed E-state index contributed by atoms with van der Waals surface area (Å²) in [5.41, 5.74) is 6.33. The molecule has 1 aliphatic carbocycles. The molecule has 232 valence electrons. The fourth-order valence-electron chi connectivity index (χ4n) is 5.66. The van der Waals surface area contributed by atoms with Crippen LogP contribution >= 0.6 is 23.2 Å². The summed E-state index contributed by atoms with van der Waals surface area (Å²) in [7, 11) is 3.22. The highest BCUT2D eigenvalue weighted by atomic mass is 35.5. The van der Waals surface area contributed by atoms with Gasteiger partial charge in [-0.2, -0.15) is 0 Å². The minimum absolute atomic E-state index is 0.000952. The Bertz CT molecular complexity index is 1380. The molecule has 4 heterocycles. The maximum Gasteiger partial charge on any atom is 0.322 e. The molecule has 0 aromatic carbocycles. The molecular weight excluding hydrogens is 595 g/mol. The van der Waals surface area contributed by atoms with Gasteiger partial charge in [-0.3, -0.25) is 19.8 Å². The highest BCUT2D eigenvalue weighted by Gasteiger charge is 2.36. The van der Waals surface area contributed by atoms with Crippen LogP contribution in [0.5, 0.6) is 0 Å². The van der Waals surface area contributed by atoms with E-state index in [2.05, 4.69) is 42.3 Å². The SMILES string of the molecule is CC[C@H]1CN(c2nc(NC(=O)N(C)C)c(C(=O)NC3CC3)nc2Cl)CCN1C1CCN(C(=O)c2ccc(Cl)nc2N)CC1. The zero-order valence-corrected chi connectivity index (χ0v) is 26.2. The van der Waals surface area contributed by atoms with Crippen LogP contribution in [0.15, 0.2) is 12.1 Å². The van der Waals surface area contributed by atoms with Gasteiger partial charge < -0.3 is 25.8 Å². The second-order valence-corrected chi connectivity index (χ2v) is 12.2. The topological polar surface area (TPSA) is 153 Å². The molecule has 3 fully saturated rings. The number of nitrogens with two attached hydrogens (primary N) is 1. The molecule has 2 aliphatic heterocycles. The summed E-state index contributed by atoms with van der Waals surface area (Å²) in [6, 6.07) is 3.44. The first kappa shape index (κ1) is 31.0. The van der Waals surface area contributed by atoms with Crippen LogP contribution in [0.2, 0.25) is 10.3 Å². The minimum atomic E-state index is -0.417. The van der Waals surface area contributed by atoms with Crippen molar-refractivity contribution in [2.45, 2.75) is 57.2 Å². The van der Waals surface area contributed by atoms with E-state index in [1.165, 1.54) is 4.90 Å². The molecule has 1 atom stereocenters. The maximum atomic E-state index is 13.1. The summed E-state index contributed by atoms with van der Waals surface area (Å²) < 4.78 is 0. The number of hydrogen-bond donors (Lipinski definition) is 3. The van der Waals surface area contributed by atoms with Crippen molar-refractivity contribution < 1.29 is 14.4 Å². The lowest BCUT2D eigenvalue weighted by atomic mass is 9.97. The number of piperidine rings is 1. The number of nitrogen functional groups attached to an aromatic ring is 1. The van der Waals surface area contributed by atoms with Crippen LogP contribution in [0.25, 0.3) is 0 Å². The molecule has 5 rings (SSSR count). The molecule has 13 nitrogen and oxygen atoms in total. The van der Waals surface area contributed by atoms with Crippen LogP contribution in [0, 0.1) is 0 Å². The van der Waals surface area contributed by atoms with Gasteiger partial charge in [0.2, 0.25) is 0 Å². The molecule has 1 saturated carbocycles. The number of nitrogens with zero attached hydrogens (tertiary/aromatic N) is 7. The summed E-state index contributed by atoms with van der Waals surface area (Å²) in [5.74, 6) is 0.126. The number of carbonyl (C=O) groups is 3. The number of anilines is 3. The lowest BCUT2D eigenvalue weighted by Crippen LogP contribution is -2.58. The van der Waals surface area contributed by atoms with E-state index in [4.69, 9.17) is 28.9 Å². The van der Waals surface area contributed by atoms with Crippen molar-refractivity contribution in [2.24, 2.45) is 0 Å². The van der Waals surface area contributed by atoms with E-state index in [1.54, 1.807) is 26.2 Å². The zero-order chi connectivity index (χ0) is 30.8. The molecule has 4 N–H and O–H groups in total. The molecule has 0 spiro atoms. The summed E-state index contributed by atoms with van der Waals surface area (Å²) in [5, 5.41) is 5.99. The highest BCUT2D eigenvalue weighted by Crippen LogP contribution is 2.31. The average molecular weight is 634 g/mol. The molecule has 2 aromatic rings. The summed E-state index contributed by atoms with van der Waals surface area (Å²) in [6.07, 6.45) is 4.41. The molecule has 43 heavy (non-hydrogen) atoms. The normalized spacial score (nSPS) is 19.7. The van der Waals surface area contributed by atoms with E-state index in [9.17, 15) is 14.4 Å². The van der Waals surface area contributed by atoms with E-state index in [0.29, 0.717) is 43.6 Å². The van der Waals surface area contributed by atoms with Crippen LogP contribution in [-0.2, 0) is 0 Å². The van der Waals surface area contributed by atoms with Crippen LogP contribution in [0.4, 0.5) is 22.2 Å². The summed E-state index contributed by atoms with van der Waals surface area (Å²) in [4.78, 5) is 59.4. The van der Waals surface area contributed by atoms with Gasteiger partial charge in [-0.25, -0.2) is 19.7 Å². The number of likely N-dealkylation sites (tertiary alicyclic amines) is 1. The monoisotopic (exact) mass is 632 g/mol. The Morgan fingerprint density at radius 3 is 2.37 bits per heavy atom. The van der Waals surface area contributed by atoms with Crippen LogP contribution in [-0.4, -0.2) is 112 Å². The maximum absolute atomic E-state index is 13.1. The first-order valence-electron chi connectivity index (χ1n) is 14.6. The predicted octanol–water partition coefficient (Wildman–Crippen LogP) is 2.95. The molecule has 0 unspecified atom stereocenters. The first-order valence-corrected chi connectivity index (χ1v) is 15.4. The molecular formula is C28H38Cl2N10O3. The number of hydrogen-bond acceptors (Lipinski definition) is 9. The number of aromatic nitrogens is 3. The van der Waals surface area contributed by atoms with E-state index >= 15 is 0 Å². The second kappa shape index (κ2) is 13.1. The van der Waals surface area contributed by atoms with Gasteiger partial charge in [0, 0.05) is 64.9 Å². The van der Waals surface area contributed by atoms with Crippen molar-refractivity contribution in [3.8, 4) is 0 Å². The Labute approximate surface area is 261 Å². The molecule has 2 saturated heterocycles.